The average Bonchev–Trinajstić information content (AvgIpc) is 2.84. The van der Waals surface area contributed by atoms with Gasteiger partial charge in [-0.1, -0.05) is 30.3 Å². The monoisotopic (exact) mass is 433 g/mol. The summed E-state index contributed by atoms with van der Waals surface area (Å²) in [5.41, 5.74) is 1.44. The zero-order chi connectivity index (χ0) is 22.3. The van der Waals surface area contributed by atoms with Gasteiger partial charge in [0.05, 0.1) is 17.0 Å². The minimum Gasteiger partial charge on any atom is -0.460 e. The lowest BCUT2D eigenvalue weighted by Crippen LogP contribution is -2.37. The zero-order valence-corrected chi connectivity index (χ0v) is 17.4. The van der Waals surface area contributed by atoms with E-state index in [-0.39, 0.29) is 29.1 Å². The van der Waals surface area contributed by atoms with Crippen molar-refractivity contribution in [2.45, 2.75) is 19.4 Å². The standard InChI is InChI=1S/C24H23N3O5/c28-24(18-11-14-26(15-12-18)21-8-2-3-9-22(21)27(29)30)31-17-19-6-1-4-10-23(19)32-20-7-5-13-25-16-20/h1-10,13,16,18H,11-12,14-15,17H2. The Labute approximate surface area is 185 Å². The lowest BCUT2D eigenvalue weighted by atomic mass is 9.96. The van der Waals surface area contributed by atoms with Gasteiger partial charge < -0.3 is 14.4 Å². The van der Waals surface area contributed by atoms with Crippen molar-refractivity contribution in [1.82, 2.24) is 4.98 Å². The van der Waals surface area contributed by atoms with Crippen molar-refractivity contribution in [3.63, 3.8) is 0 Å². The number of carbonyl (C=O) groups is 1. The topological polar surface area (TPSA) is 94.8 Å². The van der Waals surface area contributed by atoms with E-state index in [1.807, 2.05) is 29.2 Å². The van der Waals surface area contributed by atoms with Crippen LogP contribution in [-0.4, -0.2) is 29.0 Å². The van der Waals surface area contributed by atoms with E-state index < -0.39 is 0 Å². The molecule has 32 heavy (non-hydrogen) atoms. The number of ether oxygens (including phenoxy) is 2. The van der Waals surface area contributed by atoms with E-state index in [4.69, 9.17) is 9.47 Å². The van der Waals surface area contributed by atoms with Crippen molar-refractivity contribution in [3.8, 4) is 11.5 Å². The van der Waals surface area contributed by atoms with E-state index in [0.717, 1.165) is 5.56 Å². The highest BCUT2D eigenvalue weighted by molar-refractivity contribution is 5.73. The van der Waals surface area contributed by atoms with Gasteiger partial charge in [-0.05, 0) is 37.1 Å². The molecule has 0 bridgehead atoms. The summed E-state index contributed by atoms with van der Waals surface area (Å²) in [4.78, 5) is 29.6. The molecular formula is C24H23N3O5. The van der Waals surface area contributed by atoms with Gasteiger partial charge in [0.15, 0.2) is 0 Å². The average molecular weight is 433 g/mol. The van der Waals surface area contributed by atoms with Gasteiger partial charge >= 0.3 is 5.97 Å². The first-order valence-corrected chi connectivity index (χ1v) is 10.4. The van der Waals surface area contributed by atoms with Crippen molar-refractivity contribution >= 4 is 17.3 Å². The first-order valence-electron chi connectivity index (χ1n) is 10.4. The fourth-order valence-corrected chi connectivity index (χ4v) is 3.77. The molecule has 2 heterocycles. The number of hydrogen-bond acceptors (Lipinski definition) is 7. The van der Waals surface area contributed by atoms with Crippen LogP contribution in [-0.2, 0) is 16.1 Å². The van der Waals surface area contributed by atoms with Gasteiger partial charge in [0, 0.05) is 30.9 Å². The second kappa shape index (κ2) is 9.91. The van der Waals surface area contributed by atoms with E-state index in [2.05, 4.69) is 4.98 Å². The van der Waals surface area contributed by atoms with Crippen molar-refractivity contribution in [2.75, 3.05) is 18.0 Å². The number of aromatic nitrogens is 1. The van der Waals surface area contributed by atoms with Crippen molar-refractivity contribution in [1.29, 1.82) is 0 Å². The van der Waals surface area contributed by atoms with Gasteiger partial charge in [-0.3, -0.25) is 19.9 Å². The molecule has 2 aromatic carbocycles. The maximum Gasteiger partial charge on any atom is 0.309 e. The largest absolute Gasteiger partial charge is 0.460 e. The van der Waals surface area contributed by atoms with Crippen LogP contribution in [0.3, 0.4) is 0 Å². The summed E-state index contributed by atoms with van der Waals surface area (Å²) in [5, 5.41) is 11.3. The highest BCUT2D eigenvalue weighted by atomic mass is 16.6. The SMILES string of the molecule is O=C(OCc1ccccc1Oc1cccnc1)C1CCN(c2ccccc2[N+](=O)[O-])CC1. The Balaban J connectivity index is 1.33. The fourth-order valence-electron chi connectivity index (χ4n) is 3.77. The van der Waals surface area contributed by atoms with Crippen molar-refractivity contribution < 1.29 is 19.2 Å². The molecule has 1 fully saturated rings. The molecule has 0 unspecified atom stereocenters. The van der Waals surface area contributed by atoms with Crippen molar-refractivity contribution in [3.05, 3.63) is 88.7 Å². The first-order chi connectivity index (χ1) is 15.6. The summed E-state index contributed by atoms with van der Waals surface area (Å²) in [6.07, 6.45) is 4.45. The van der Waals surface area contributed by atoms with E-state index in [1.54, 1.807) is 42.7 Å². The highest BCUT2D eigenvalue weighted by Gasteiger charge is 2.29. The summed E-state index contributed by atoms with van der Waals surface area (Å²) in [6.45, 7) is 1.23. The molecule has 3 aromatic rings. The Morgan fingerprint density at radius 2 is 1.81 bits per heavy atom. The fraction of sp³-hybridized carbons (Fsp3) is 0.250. The molecular weight excluding hydrogens is 410 g/mol. The number of hydrogen-bond donors (Lipinski definition) is 0. The first kappa shape index (κ1) is 21.3. The van der Waals surface area contributed by atoms with Crippen LogP contribution < -0.4 is 9.64 Å². The summed E-state index contributed by atoms with van der Waals surface area (Å²) < 4.78 is 11.5. The summed E-state index contributed by atoms with van der Waals surface area (Å²) >= 11 is 0. The van der Waals surface area contributed by atoms with Crippen LogP contribution in [0.25, 0.3) is 0 Å². The van der Waals surface area contributed by atoms with Crippen LogP contribution in [0.4, 0.5) is 11.4 Å². The van der Waals surface area contributed by atoms with Crippen LogP contribution in [0.5, 0.6) is 11.5 Å². The van der Waals surface area contributed by atoms with Gasteiger partial charge in [-0.2, -0.15) is 0 Å². The Bertz CT molecular complexity index is 1080. The van der Waals surface area contributed by atoms with E-state index in [1.165, 1.54) is 6.07 Å². The van der Waals surface area contributed by atoms with Crippen LogP contribution in [0.15, 0.2) is 73.1 Å². The third kappa shape index (κ3) is 5.03. The molecule has 0 radical (unpaired) electrons. The molecule has 0 atom stereocenters. The minimum absolute atomic E-state index is 0.0822. The summed E-state index contributed by atoms with van der Waals surface area (Å²) in [6, 6.07) is 17.7. The molecule has 0 amide bonds. The number of nitro benzene ring substituents is 1. The number of nitro groups is 1. The molecule has 0 saturated carbocycles. The predicted octanol–water partition coefficient (Wildman–Crippen LogP) is 4.74. The van der Waals surface area contributed by atoms with Gasteiger partial charge in [-0.15, -0.1) is 0 Å². The number of esters is 1. The second-order valence-corrected chi connectivity index (χ2v) is 7.51. The van der Waals surface area contributed by atoms with Crippen LogP contribution >= 0.6 is 0 Å². The third-order valence-electron chi connectivity index (χ3n) is 5.45. The molecule has 8 nitrogen and oxygen atoms in total. The lowest BCUT2D eigenvalue weighted by molar-refractivity contribution is -0.384. The molecule has 8 heteroatoms. The van der Waals surface area contributed by atoms with Crippen molar-refractivity contribution in [2.24, 2.45) is 5.92 Å². The molecule has 1 aliphatic heterocycles. The second-order valence-electron chi connectivity index (χ2n) is 7.51. The maximum atomic E-state index is 12.7. The minimum atomic E-state index is -0.374. The number of rotatable bonds is 7. The molecule has 1 saturated heterocycles. The quantitative estimate of drug-likeness (QED) is 0.302. The number of piperidine rings is 1. The number of pyridine rings is 1. The summed E-state index contributed by atoms with van der Waals surface area (Å²) in [7, 11) is 0. The van der Waals surface area contributed by atoms with E-state index in [9.17, 15) is 14.9 Å². The number of para-hydroxylation sites is 3. The number of carbonyl (C=O) groups excluding carboxylic acids is 1. The Hall–Kier alpha value is -3.94. The molecule has 0 aliphatic carbocycles. The van der Waals surface area contributed by atoms with Crippen LogP contribution in [0.1, 0.15) is 18.4 Å². The van der Waals surface area contributed by atoms with E-state index in [0.29, 0.717) is 43.1 Å². The highest BCUT2D eigenvalue weighted by Crippen LogP contribution is 2.32. The van der Waals surface area contributed by atoms with Gasteiger partial charge in [0.25, 0.3) is 5.69 Å². The number of benzene rings is 2. The van der Waals surface area contributed by atoms with Gasteiger partial charge in [-0.25, -0.2) is 0 Å². The molecule has 1 aliphatic rings. The third-order valence-corrected chi connectivity index (χ3v) is 5.45. The van der Waals surface area contributed by atoms with E-state index >= 15 is 0 Å². The maximum absolute atomic E-state index is 12.7. The predicted molar refractivity (Wildman–Crippen MR) is 119 cm³/mol. The lowest BCUT2D eigenvalue weighted by Gasteiger charge is -2.32. The Kier molecular flexibility index (Phi) is 6.60. The van der Waals surface area contributed by atoms with Crippen LogP contribution in [0.2, 0.25) is 0 Å². The molecule has 0 N–H and O–H groups in total. The summed E-state index contributed by atoms with van der Waals surface area (Å²) in [5.74, 6) is 0.719. The smallest absolute Gasteiger partial charge is 0.309 e. The van der Waals surface area contributed by atoms with Gasteiger partial charge in [0.1, 0.15) is 23.8 Å². The van der Waals surface area contributed by atoms with Gasteiger partial charge in [0.2, 0.25) is 0 Å². The molecule has 164 valence electrons. The Morgan fingerprint density at radius 3 is 2.56 bits per heavy atom. The normalized spacial score (nSPS) is 14.1. The Morgan fingerprint density at radius 1 is 1.06 bits per heavy atom. The molecule has 1 aromatic heterocycles. The zero-order valence-electron chi connectivity index (χ0n) is 17.4. The molecule has 4 rings (SSSR count). The number of nitrogens with zero attached hydrogens (tertiary/aromatic N) is 3. The molecule has 0 spiro atoms. The van der Waals surface area contributed by atoms with Crippen LogP contribution in [0, 0.1) is 16.0 Å². The number of anilines is 1.